The number of anilines is 1. The highest BCUT2D eigenvalue weighted by atomic mass is 32.1. The number of rotatable bonds is 8. The molecule has 2 amide bonds. The van der Waals surface area contributed by atoms with Gasteiger partial charge in [0.25, 0.3) is 11.8 Å². The second-order valence-corrected chi connectivity index (χ2v) is 6.83. The molecule has 14 nitrogen and oxygen atoms in total. The fraction of sp³-hybridized carbons (Fsp3) is 0.167. The molecule has 0 saturated carbocycles. The van der Waals surface area contributed by atoms with E-state index < -0.39 is 42.0 Å². The number of esters is 2. The van der Waals surface area contributed by atoms with Gasteiger partial charge in [0.2, 0.25) is 5.71 Å². The zero-order valence-corrected chi connectivity index (χ0v) is 17.9. The van der Waals surface area contributed by atoms with E-state index in [1.165, 1.54) is 17.5 Å². The van der Waals surface area contributed by atoms with Crippen LogP contribution in [0.25, 0.3) is 0 Å². The predicted octanol–water partition coefficient (Wildman–Crippen LogP) is -0.158. The summed E-state index contributed by atoms with van der Waals surface area (Å²) >= 11 is 0.995. The van der Waals surface area contributed by atoms with Crippen LogP contribution in [0.3, 0.4) is 0 Å². The summed E-state index contributed by atoms with van der Waals surface area (Å²) in [5.41, 5.74) is 8.89. The number of carboxylic acids is 1. The number of nitrogens with two attached hydrogens (primary N) is 1. The number of nitrogen functional groups attached to an aromatic ring is 1. The lowest BCUT2D eigenvalue weighted by atomic mass is 10.2. The minimum Gasteiger partial charge on any atom is -0.476 e. The van der Waals surface area contributed by atoms with Crippen molar-refractivity contribution >= 4 is 51.9 Å². The third kappa shape index (κ3) is 7.59. The Hall–Kier alpha value is -4.53. The normalized spacial score (nSPS) is 10.7. The van der Waals surface area contributed by atoms with Gasteiger partial charge in [0.1, 0.15) is 5.69 Å². The first kappa shape index (κ1) is 24.7. The number of amides is 2. The first-order valence-corrected chi connectivity index (χ1v) is 9.69. The summed E-state index contributed by atoms with van der Waals surface area (Å²) in [5, 5.41) is 14.0. The fourth-order valence-electron chi connectivity index (χ4n) is 2.11. The molecule has 0 fully saturated rings. The molecule has 2 rings (SSSR count). The molecule has 0 aliphatic rings. The van der Waals surface area contributed by atoms with Gasteiger partial charge in [-0.1, -0.05) is 5.16 Å². The highest BCUT2D eigenvalue weighted by Crippen LogP contribution is 2.28. The van der Waals surface area contributed by atoms with E-state index in [-0.39, 0.29) is 27.9 Å². The number of hydrazine groups is 1. The number of oxime groups is 1. The average Bonchev–Trinajstić information content (AvgIpc) is 3.15. The van der Waals surface area contributed by atoms with E-state index in [1.807, 2.05) is 5.43 Å². The highest BCUT2D eigenvalue weighted by Gasteiger charge is 2.18. The molecule has 0 aliphatic carbocycles. The smallest absolute Gasteiger partial charge is 0.360 e. The van der Waals surface area contributed by atoms with E-state index in [1.54, 1.807) is 0 Å². The van der Waals surface area contributed by atoms with E-state index in [0.29, 0.717) is 0 Å². The third-order valence-corrected chi connectivity index (χ3v) is 4.02. The van der Waals surface area contributed by atoms with Crippen molar-refractivity contribution in [3.05, 3.63) is 34.8 Å². The summed E-state index contributed by atoms with van der Waals surface area (Å²) in [4.78, 5) is 66.1. The molecule has 1 heterocycles. The van der Waals surface area contributed by atoms with Crippen molar-refractivity contribution in [3.8, 4) is 11.5 Å². The number of aliphatic carboxylic acids is 1. The van der Waals surface area contributed by atoms with Crippen molar-refractivity contribution in [2.45, 2.75) is 13.8 Å². The van der Waals surface area contributed by atoms with Gasteiger partial charge in [0, 0.05) is 24.8 Å². The van der Waals surface area contributed by atoms with Gasteiger partial charge in [0.15, 0.2) is 23.2 Å². The molecule has 5 N–H and O–H groups in total. The number of benzene rings is 1. The summed E-state index contributed by atoms with van der Waals surface area (Å²) < 4.78 is 9.81. The standard InChI is InChI=1S/C18H17N5O9S/c1-8(24)31-12-4-3-10(5-13(12)32-9(2)25)16(27)22-21-14(26)6-30-23-15(17(28)29)11-7-33-18(19)20-11/h3-5,7H,6H2,1-2H3,(H2,19,20)(H,21,26)(H,22,27)(H,28,29). The van der Waals surface area contributed by atoms with Crippen molar-refractivity contribution in [2.75, 3.05) is 12.3 Å². The van der Waals surface area contributed by atoms with Gasteiger partial charge in [-0.05, 0) is 18.2 Å². The van der Waals surface area contributed by atoms with Crippen molar-refractivity contribution in [1.82, 2.24) is 15.8 Å². The summed E-state index contributed by atoms with van der Waals surface area (Å²) in [6.45, 7) is 1.53. The number of nitrogens with one attached hydrogen (secondary N) is 2. The molecule has 1 aromatic heterocycles. The summed E-state index contributed by atoms with van der Waals surface area (Å²) in [6.07, 6.45) is 0. The molecule has 15 heteroatoms. The quantitative estimate of drug-likeness (QED) is 0.169. The maximum atomic E-state index is 12.2. The van der Waals surface area contributed by atoms with E-state index in [9.17, 15) is 24.0 Å². The monoisotopic (exact) mass is 479 g/mol. The number of nitrogens with zero attached hydrogens (tertiary/aromatic N) is 2. The fourth-order valence-corrected chi connectivity index (χ4v) is 2.65. The number of aromatic nitrogens is 1. The van der Waals surface area contributed by atoms with E-state index in [2.05, 4.69) is 15.6 Å². The van der Waals surface area contributed by atoms with Crippen LogP contribution in [0, 0.1) is 0 Å². The van der Waals surface area contributed by atoms with E-state index in [4.69, 9.17) is 25.2 Å². The molecule has 2 aromatic rings. The van der Waals surface area contributed by atoms with Crippen LogP contribution in [0.5, 0.6) is 11.5 Å². The van der Waals surface area contributed by atoms with Crippen molar-refractivity contribution in [2.24, 2.45) is 5.16 Å². The number of hydrogen-bond acceptors (Lipinski definition) is 12. The van der Waals surface area contributed by atoms with Crippen LogP contribution in [0.4, 0.5) is 5.13 Å². The van der Waals surface area contributed by atoms with E-state index in [0.717, 1.165) is 31.3 Å². The Morgan fingerprint density at radius 3 is 2.33 bits per heavy atom. The molecular formula is C18H17N5O9S. The van der Waals surface area contributed by atoms with Gasteiger partial charge < -0.3 is 25.2 Å². The van der Waals surface area contributed by atoms with Crippen LogP contribution in [0.2, 0.25) is 0 Å². The minimum absolute atomic E-state index is 0.0421. The molecule has 1 aromatic carbocycles. The zero-order chi connectivity index (χ0) is 24.5. The Kier molecular flexibility index (Phi) is 8.39. The van der Waals surface area contributed by atoms with Gasteiger partial charge in [-0.25, -0.2) is 9.78 Å². The molecule has 33 heavy (non-hydrogen) atoms. The van der Waals surface area contributed by atoms with Crippen LogP contribution in [0.15, 0.2) is 28.7 Å². The maximum absolute atomic E-state index is 12.2. The molecule has 0 radical (unpaired) electrons. The molecular weight excluding hydrogens is 462 g/mol. The Bertz CT molecular complexity index is 1130. The lowest BCUT2D eigenvalue weighted by Crippen LogP contribution is -2.43. The van der Waals surface area contributed by atoms with Crippen LogP contribution < -0.4 is 26.1 Å². The Balaban J connectivity index is 1.96. The largest absolute Gasteiger partial charge is 0.476 e. The van der Waals surface area contributed by atoms with E-state index >= 15 is 0 Å². The van der Waals surface area contributed by atoms with Crippen LogP contribution >= 0.6 is 11.3 Å². The number of ether oxygens (including phenoxy) is 2. The topological polar surface area (TPSA) is 209 Å². The summed E-state index contributed by atoms with van der Waals surface area (Å²) in [5.74, 6) is -4.77. The SMILES string of the molecule is CC(=O)Oc1ccc(C(=O)NNC(=O)CON=C(C(=O)O)c2csc(N)n2)cc1OC(C)=O. The maximum Gasteiger partial charge on any atom is 0.360 e. The van der Waals surface area contributed by atoms with Crippen LogP contribution in [-0.4, -0.2) is 52.1 Å². The summed E-state index contributed by atoms with van der Waals surface area (Å²) in [6, 6.07) is 3.61. The Morgan fingerprint density at radius 2 is 1.76 bits per heavy atom. The number of carboxylic acid groups (broad SMARTS) is 1. The van der Waals surface area contributed by atoms with Crippen LogP contribution in [0.1, 0.15) is 29.9 Å². The van der Waals surface area contributed by atoms with Crippen LogP contribution in [-0.2, 0) is 24.0 Å². The number of thiazole rings is 1. The molecule has 0 atom stereocenters. The summed E-state index contributed by atoms with van der Waals surface area (Å²) in [7, 11) is 0. The molecule has 0 aliphatic heterocycles. The highest BCUT2D eigenvalue weighted by molar-refractivity contribution is 7.13. The predicted molar refractivity (Wildman–Crippen MR) is 111 cm³/mol. The number of carbonyl (C=O) groups excluding carboxylic acids is 4. The lowest BCUT2D eigenvalue weighted by molar-refractivity contribution is -0.134. The molecule has 0 saturated heterocycles. The van der Waals surface area contributed by atoms with Crippen molar-refractivity contribution in [3.63, 3.8) is 0 Å². The first-order chi connectivity index (χ1) is 15.6. The Morgan fingerprint density at radius 1 is 1.09 bits per heavy atom. The average molecular weight is 479 g/mol. The second-order valence-electron chi connectivity index (χ2n) is 5.94. The van der Waals surface area contributed by atoms with Gasteiger partial charge in [-0.15, -0.1) is 11.3 Å². The zero-order valence-electron chi connectivity index (χ0n) is 17.1. The second kappa shape index (κ2) is 11.2. The van der Waals surface area contributed by atoms with Crippen molar-refractivity contribution in [1.29, 1.82) is 0 Å². The number of hydrogen-bond donors (Lipinski definition) is 4. The van der Waals surface area contributed by atoms with Gasteiger partial charge in [-0.3, -0.25) is 30.0 Å². The lowest BCUT2D eigenvalue weighted by Gasteiger charge is -2.11. The van der Waals surface area contributed by atoms with Gasteiger partial charge in [-0.2, -0.15) is 0 Å². The van der Waals surface area contributed by atoms with Gasteiger partial charge in [0.05, 0.1) is 0 Å². The number of carbonyl (C=O) groups is 5. The molecule has 174 valence electrons. The van der Waals surface area contributed by atoms with Crippen molar-refractivity contribution < 1.29 is 43.4 Å². The first-order valence-electron chi connectivity index (χ1n) is 8.81. The molecule has 0 unspecified atom stereocenters. The Labute approximate surface area is 189 Å². The minimum atomic E-state index is -1.45. The molecule has 0 bridgehead atoms. The third-order valence-electron chi connectivity index (χ3n) is 3.35. The molecule has 0 spiro atoms. The van der Waals surface area contributed by atoms with Gasteiger partial charge >= 0.3 is 17.9 Å².